The summed E-state index contributed by atoms with van der Waals surface area (Å²) >= 11 is -1.35. The maximum absolute atomic E-state index is 2.64. The van der Waals surface area contributed by atoms with Crippen LogP contribution in [0.2, 0.25) is 31.7 Å². The Morgan fingerprint density at radius 2 is 0.453 bits per heavy atom. The molecule has 0 heterocycles. The largest absolute Gasteiger partial charge is 0.262 e. The van der Waals surface area contributed by atoms with Crippen LogP contribution in [-0.2, 0) is 0 Å². The summed E-state index contributed by atoms with van der Waals surface area (Å²) in [5.41, 5.74) is 0. The predicted molar refractivity (Wildman–Crippen MR) is 254 cm³/mol. The van der Waals surface area contributed by atoms with Crippen LogP contribution >= 0.6 is 0 Å². The van der Waals surface area contributed by atoms with Crippen LogP contribution in [0.15, 0.2) is 0 Å². The fourth-order valence-electron chi connectivity index (χ4n) is 11.1. The first-order valence-corrected chi connectivity index (χ1v) is 30.0. The van der Waals surface area contributed by atoms with Crippen molar-refractivity contribution in [2.75, 3.05) is 0 Å². The molecule has 53 heavy (non-hydrogen) atoms. The molecule has 0 N–H and O–H groups in total. The lowest BCUT2D eigenvalue weighted by molar-refractivity contribution is 0.309. The number of hydrogen-bond donors (Lipinski definition) is 0. The highest BCUT2D eigenvalue weighted by Gasteiger charge is 2.32. The second-order valence-corrected chi connectivity index (χ2v) is 26.6. The summed E-state index contributed by atoms with van der Waals surface area (Å²) in [5.74, 6) is 11.4. The van der Waals surface area contributed by atoms with E-state index in [9.17, 15) is 0 Å². The summed E-state index contributed by atoms with van der Waals surface area (Å²) in [5, 5.41) is 9.65. The summed E-state index contributed by atoms with van der Waals surface area (Å²) in [6, 6.07) is 0. The first-order chi connectivity index (χ1) is 25.1. The molecule has 0 aromatic carbocycles. The molecule has 6 atom stereocenters. The number of hydrogen-bond acceptors (Lipinski definition) is 0. The van der Waals surface area contributed by atoms with Crippen LogP contribution < -0.4 is 0 Å². The van der Waals surface area contributed by atoms with E-state index in [1.54, 1.807) is 31.7 Å². The average molecular weight is 775 g/mol. The number of rotatable bonds is 33. The molecule has 0 bridgehead atoms. The van der Waals surface area contributed by atoms with Gasteiger partial charge in [0.05, 0.1) is 0 Å². The van der Waals surface area contributed by atoms with E-state index >= 15 is 0 Å². The van der Waals surface area contributed by atoms with Crippen molar-refractivity contribution in [1.82, 2.24) is 0 Å². The minimum atomic E-state index is -0.726. The van der Waals surface area contributed by atoms with Crippen LogP contribution in [0.4, 0.5) is 0 Å². The lowest BCUT2D eigenvalue weighted by Gasteiger charge is -2.32. The molecule has 0 aliphatic rings. The molecule has 0 amide bonds. The Morgan fingerprint density at radius 1 is 0.264 bits per heavy atom. The smallest absolute Gasteiger partial charge is 0.0910 e. The Balaban J connectivity index is 0. The molecule has 0 aromatic heterocycles. The molecular formula is C51H108Al2. The van der Waals surface area contributed by atoms with Gasteiger partial charge in [-0.1, -0.05) is 288 Å². The van der Waals surface area contributed by atoms with Crippen molar-refractivity contribution >= 4 is 28.3 Å². The van der Waals surface area contributed by atoms with Crippen LogP contribution in [0, 0.1) is 71.0 Å². The minimum Gasteiger partial charge on any atom is -0.0910 e. The van der Waals surface area contributed by atoms with Crippen molar-refractivity contribution in [2.24, 2.45) is 71.0 Å². The minimum absolute atomic E-state index is 0.629. The zero-order valence-corrected chi connectivity index (χ0v) is 43.2. The van der Waals surface area contributed by atoms with Gasteiger partial charge in [-0.25, -0.2) is 0 Å². The van der Waals surface area contributed by atoms with E-state index in [0.717, 1.165) is 71.0 Å². The van der Waals surface area contributed by atoms with Gasteiger partial charge in [0.2, 0.25) is 0 Å². The van der Waals surface area contributed by atoms with Crippen molar-refractivity contribution < 1.29 is 0 Å². The Bertz CT molecular complexity index is 642. The van der Waals surface area contributed by atoms with Gasteiger partial charge < -0.3 is 0 Å². The van der Waals surface area contributed by atoms with Crippen molar-refractivity contribution in [3.8, 4) is 0 Å². The molecular weight excluding hydrogens is 667 g/mol. The zero-order valence-electron chi connectivity index (χ0n) is 40.9. The summed E-state index contributed by atoms with van der Waals surface area (Å²) < 4.78 is 0. The topological polar surface area (TPSA) is 0 Å². The van der Waals surface area contributed by atoms with Gasteiger partial charge in [-0.05, 0) is 35.5 Å². The van der Waals surface area contributed by atoms with Crippen LogP contribution in [0.5, 0.6) is 0 Å². The molecule has 0 aromatic rings. The van der Waals surface area contributed by atoms with E-state index in [2.05, 4.69) is 125 Å². The quantitative estimate of drug-likeness (QED) is 0.0583. The van der Waals surface area contributed by atoms with Crippen molar-refractivity contribution in [3.05, 3.63) is 0 Å². The van der Waals surface area contributed by atoms with Gasteiger partial charge in [0, 0.05) is 0 Å². The van der Waals surface area contributed by atoms with Crippen molar-refractivity contribution in [3.63, 3.8) is 0 Å². The molecule has 0 saturated carbocycles. The molecule has 0 nitrogen and oxygen atoms in total. The SMILES string of the molecule is CCC([CH2][Al]([CH2]C(CC)C(C)C)[CH2]C(CC)C(C)C)C(C)C.CCCC(CCC)C(C)[CH2][Al]([CH2]C(C)C(CCC)CCC)[CH2]C(C)C(CCC)CCC. The van der Waals surface area contributed by atoms with E-state index < -0.39 is 28.3 Å². The van der Waals surface area contributed by atoms with Gasteiger partial charge in [0.15, 0.2) is 0 Å². The average Bonchev–Trinajstić information content (AvgIpc) is 3.10. The third-order valence-electron chi connectivity index (χ3n) is 14.8. The summed E-state index contributed by atoms with van der Waals surface area (Å²) in [6.07, 6.45) is 21.2. The van der Waals surface area contributed by atoms with E-state index in [4.69, 9.17) is 0 Å². The van der Waals surface area contributed by atoms with Crippen LogP contribution in [0.3, 0.4) is 0 Å². The van der Waals surface area contributed by atoms with Gasteiger partial charge in [0.25, 0.3) is 28.3 Å². The normalized spacial score (nSPS) is 15.6. The second-order valence-electron chi connectivity index (χ2n) is 20.3. The van der Waals surface area contributed by atoms with Crippen LogP contribution in [0.1, 0.15) is 221 Å². The fraction of sp³-hybridized carbons (Fsp3) is 1.00. The van der Waals surface area contributed by atoms with Gasteiger partial charge in [-0.3, -0.25) is 0 Å². The zero-order chi connectivity index (χ0) is 40.9. The third kappa shape index (κ3) is 25.9. The van der Waals surface area contributed by atoms with E-state index in [-0.39, 0.29) is 0 Å². The molecule has 0 aliphatic heterocycles. The molecule has 2 heteroatoms. The molecule has 0 aliphatic carbocycles. The van der Waals surface area contributed by atoms with E-state index in [1.165, 1.54) is 96.3 Å². The highest BCUT2D eigenvalue weighted by molar-refractivity contribution is 6.59. The lowest BCUT2D eigenvalue weighted by atomic mass is 9.87. The highest BCUT2D eigenvalue weighted by Crippen LogP contribution is 2.37. The molecule has 0 fully saturated rings. The van der Waals surface area contributed by atoms with E-state index in [1.807, 2.05) is 0 Å². The maximum atomic E-state index is 2.64. The summed E-state index contributed by atoms with van der Waals surface area (Å²) in [4.78, 5) is 0. The predicted octanol–water partition coefficient (Wildman–Crippen LogP) is 18.6. The summed E-state index contributed by atoms with van der Waals surface area (Å²) in [6.45, 7) is 44.2. The van der Waals surface area contributed by atoms with Crippen molar-refractivity contribution in [2.45, 2.75) is 253 Å². The second kappa shape index (κ2) is 35.0. The molecule has 0 saturated heterocycles. The van der Waals surface area contributed by atoms with Gasteiger partial charge in [0.1, 0.15) is 0 Å². The maximum Gasteiger partial charge on any atom is 0.262 e. The standard InChI is InChI=1S/3C10H21.3C7H15.2Al/c3*1-5-7-10(8-6-2)9(3)4;3*1-5-7(4)6(2)3;;/h3*9-10H,3,5-8H2,1-2,4H3;3*6-7H,4-5H2,1-3H3;;. The van der Waals surface area contributed by atoms with Gasteiger partial charge >= 0.3 is 0 Å². The monoisotopic (exact) mass is 775 g/mol. The highest BCUT2D eigenvalue weighted by atomic mass is 27.2. The Labute approximate surface area is 349 Å². The molecule has 0 spiro atoms. The fourth-order valence-corrected chi connectivity index (χ4v) is 21.8. The molecule has 6 unspecified atom stereocenters. The molecule has 318 valence electrons. The van der Waals surface area contributed by atoms with Crippen LogP contribution in [0.25, 0.3) is 0 Å². The Hall–Kier alpha value is 1.06. The Kier molecular flexibility index (Phi) is 37.1. The summed E-state index contributed by atoms with van der Waals surface area (Å²) in [7, 11) is 0. The van der Waals surface area contributed by atoms with Crippen LogP contribution in [-0.4, -0.2) is 28.3 Å². The first-order valence-electron chi connectivity index (χ1n) is 25.1. The lowest BCUT2D eigenvalue weighted by Crippen LogP contribution is -2.29. The van der Waals surface area contributed by atoms with E-state index in [0.29, 0.717) is 0 Å². The molecule has 0 rings (SSSR count). The Morgan fingerprint density at radius 3 is 0.604 bits per heavy atom. The first kappa shape index (κ1) is 56.2. The molecule has 0 radical (unpaired) electrons. The van der Waals surface area contributed by atoms with Crippen molar-refractivity contribution in [1.29, 1.82) is 0 Å². The van der Waals surface area contributed by atoms with Gasteiger partial charge in [-0.15, -0.1) is 0 Å². The van der Waals surface area contributed by atoms with Gasteiger partial charge in [-0.2, -0.15) is 0 Å². The third-order valence-corrected chi connectivity index (χ3v) is 22.8.